The van der Waals surface area contributed by atoms with E-state index in [2.05, 4.69) is 10.2 Å². The predicted molar refractivity (Wildman–Crippen MR) is 76.9 cm³/mol. The molecule has 108 valence electrons. The minimum Gasteiger partial charge on any atom is -0.479 e. The Morgan fingerprint density at radius 3 is 2.57 bits per heavy atom. The lowest BCUT2D eigenvalue weighted by atomic mass is 10.1. The summed E-state index contributed by atoms with van der Waals surface area (Å²) in [6.07, 6.45) is 1.05. The monoisotopic (exact) mass is 323 g/mol. The molecule has 2 aromatic rings. The molecule has 8 heteroatoms. The summed E-state index contributed by atoms with van der Waals surface area (Å²) in [6.45, 7) is 0. The fourth-order valence-corrected chi connectivity index (χ4v) is 2.79. The second-order valence-corrected chi connectivity index (χ2v) is 6.56. The third-order valence-electron chi connectivity index (χ3n) is 2.73. The molecule has 1 aromatic heterocycles. The van der Waals surface area contributed by atoms with Gasteiger partial charge in [-0.3, -0.25) is 0 Å². The zero-order valence-corrected chi connectivity index (χ0v) is 12.7. The van der Waals surface area contributed by atoms with Crippen molar-refractivity contribution in [3.05, 3.63) is 35.0 Å². The molecule has 0 aliphatic carbocycles. The Hall–Kier alpha value is -2.17. The highest BCUT2D eigenvalue weighted by atomic mass is 35.5. The lowest BCUT2D eigenvalue weighted by Crippen LogP contribution is -2.01. The molecule has 0 fully saturated rings. The summed E-state index contributed by atoms with van der Waals surface area (Å²) < 4.78 is 28.3. The van der Waals surface area contributed by atoms with Crippen molar-refractivity contribution in [2.45, 2.75) is 4.90 Å². The van der Waals surface area contributed by atoms with Gasteiger partial charge in [-0.05, 0) is 23.8 Å². The molecule has 6 nitrogen and oxygen atoms in total. The fraction of sp³-hybridized carbons (Fsp3) is 0.154. The molecule has 0 atom stereocenters. The first-order chi connectivity index (χ1) is 9.86. The zero-order chi connectivity index (χ0) is 15.6. The van der Waals surface area contributed by atoms with Gasteiger partial charge >= 0.3 is 0 Å². The lowest BCUT2D eigenvalue weighted by molar-refractivity contribution is 0.394. The number of ether oxygens (including phenoxy) is 1. The standard InChI is InChI=1S/C13H10ClN3O3S/c1-20-13-10(6-12(14)16-17-13)8-3-4-11(21(2,18)19)9(5-8)7-15/h3-6H,1-2H3. The van der Waals surface area contributed by atoms with E-state index in [1.54, 1.807) is 6.07 Å². The molecule has 1 aromatic carbocycles. The van der Waals surface area contributed by atoms with Gasteiger partial charge in [0.05, 0.1) is 17.6 Å². The maximum atomic E-state index is 11.6. The van der Waals surface area contributed by atoms with Crippen LogP contribution in [0.4, 0.5) is 0 Å². The normalized spacial score (nSPS) is 11.0. The van der Waals surface area contributed by atoms with E-state index in [4.69, 9.17) is 21.6 Å². The van der Waals surface area contributed by atoms with E-state index in [9.17, 15) is 8.42 Å². The molecule has 0 aliphatic rings. The van der Waals surface area contributed by atoms with Crippen LogP contribution in [-0.4, -0.2) is 32.0 Å². The van der Waals surface area contributed by atoms with Crippen LogP contribution in [0.15, 0.2) is 29.2 Å². The quantitative estimate of drug-likeness (QED) is 0.858. The first-order valence-corrected chi connectivity index (χ1v) is 7.95. The Balaban J connectivity index is 2.68. The summed E-state index contributed by atoms with van der Waals surface area (Å²) in [6, 6.07) is 7.79. The topological polar surface area (TPSA) is 92.9 Å². The van der Waals surface area contributed by atoms with Gasteiger partial charge in [-0.2, -0.15) is 5.26 Å². The second-order valence-electron chi connectivity index (χ2n) is 4.18. The molecular formula is C13H10ClN3O3S. The molecule has 0 radical (unpaired) electrons. The summed E-state index contributed by atoms with van der Waals surface area (Å²) in [4.78, 5) is -0.0270. The first-order valence-electron chi connectivity index (χ1n) is 5.68. The van der Waals surface area contributed by atoms with E-state index >= 15 is 0 Å². The van der Waals surface area contributed by atoms with Gasteiger partial charge in [0, 0.05) is 11.8 Å². The van der Waals surface area contributed by atoms with Crippen molar-refractivity contribution in [1.29, 1.82) is 5.26 Å². The van der Waals surface area contributed by atoms with Crippen LogP contribution in [0, 0.1) is 11.3 Å². The van der Waals surface area contributed by atoms with E-state index in [-0.39, 0.29) is 21.5 Å². The van der Waals surface area contributed by atoms with Crippen LogP contribution >= 0.6 is 11.6 Å². The highest BCUT2D eigenvalue weighted by molar-refractivity contribution is 7.90. The molecule has 0 saturated heterocycles. The molecule has 21 heavy (non-hydrogen) atoms. The molecule has 0 bridgehead atoms. The van der Waals surface area contributed by atoms with Gasteiger partial charge in [0.15, 0.2) is 15.0 Å². The Morgan fingerprint density at radius 1 is 1.29 bits per heavy atom. The Labute approximate surface area is 126 Å². The van der Waals surface area contributed by atoms with Gasteiger partial charge in [-0.15, -0.1) is 10.2 Å². The minimum absolute atomic E-state index is 0.0270. The van der Waals surface area contributed by atoms with Crippen LogP contribution in [0.25, 0.3) is 11.1 Å². The third-order valence-corrected chi connectivity index (χ3v) is 4.07. The highest BCUT2D eigenvalue weighted by Crippen LogP contribution is 2.31. The van der Waals surface area contributed by atoms with E-state index in [1.165, 1.54) is 25.3 Å². The third kappa shape index (κ3) is 3.12. The summed E-state index contributed by atoms with van der Waals surface area (Å²) in [5.74, 6) is 0.232. The second kappa shape index (κ2) is 5.68. The molecule has 1 heterocycles. The smallest absolute Gasteiger partial charge is 0.241 e. The molecule has 0 amide bonds. The van der Waals surface area contributed by atoms with Crippen molar-refractivity contribution in [1.82, 2.24) is 10.2 Å². The number of hydrogen-bond donors (Lipinski definition) is 0. The first kappa shape index (κ1) is 15.2. The number of aromatic nitrogens is 2. The summed E-state index contributed by atoms with van der Waals surface area (Å²) >= 11 is 5.81. The maximum Gasteiger partial charge on any atom is 0.241 e. The van der Waals surface area contributed by atoms with Crippen molar-refractivity contribution in [2.24, 2.45) is 0 Å². The largest absolute Gasteiger partial charge is 0.479 e. The summed E-state index contributed by atoms with van der Waals surface area (Å²) in [5, 5.41) is 16.8. The van der Waals surface area contributed by atoms with Crippen molar-refractivity contribution >= 4 is 21.4 Å². The van der Waals surface area contributed by atoms with Crippen LogP contribution in [0.5, 0.6) is 5.88 Å². The van der Waals surface area contributed by atoms with Crippen LogP contribution in [0.2, 0.25) is 5.15 Å². The van der Waals surface area contributed by atoms with Gasteiger partial charge in [0.2, 0.25) is 5.88 Å². The van der Waals surface area contributed by atoms with Gasteiger partial charge in [-0.25, -0.2) is 8.42 Å². The highest BCUT2D eigenvalue weighted by Gasteiger charge is 2.16. The number of nitriles is 1. The number of methoxy groups -OCH3 is 1. The molecule has 0 spiro atoms. The van der Waals surface area contributed by atoms with Crippen molar-refractivity contribution in [3.8, 4) is 23.1 Å². The summed E-state index contributed by atoms with van der Waals surface area (Å²) in [7, 11) is -2.05. The number of rotatable bonds is 3. The number of halogens is 1. The minimum atomic E-state index is -3.48. The van der Waals surface area contributed by atoms with Crippen LogP contribution in [-0.2, 0) is 9.84 Å². The Kier molecular flexibility index (Phi) is 4.11. The van der Waals surface area contributed by atoms with E-state index in [0.717, 1.165) is 6.26 Å². The van der Waals surface area contributed by atoms with Crippen LogP contribution in [0.1, 0.15) is 5.56 Å². The number of nitrogens with zero attached hydrogens (tertiary/aromatic N) is 3. The average Bonchev–Trinajstić information content (AvgIpc) is 2.45. The van der Waals surface area contributed by atoms with E-state index in [0.29, 0.717) is 11.1 Å². The van der Waals surface area contributed by atoms with Crippen molar-refractivity contribution in [3.63, 3.8) is 0 Å². The van der Waals surface area contributed by atoms with Crippen molar-refractivity contribution < 1.29 is 13.2 Å². The number of hydrogen-bond acceptors (Lipinski definition) is 6. The number of sulfone groups is 1. The van der Waals surface area contributed by atoms with Crippen molar-refractivity contribution in [2.75, 3.05) is 13.4 Å². The molecule has 0 aliphatic heterocycles. The van der Waals surface area contributed by atoms with Gasteiger partial charge in [0.25, 0.3) is 0 Å². The molecule has 0 saturated carbocycles. The molecule has 0 N–H and O–H groups in total. The number of benzene rings is 1. The van der Waals surface area contributed by atoms with Gasteiger partial charge in [0.1, 0.15) is 6.07 Å². The average molecular weight is 324 g/mol. The zero-order valence-electron chi connectivity index (χ0n) is 11.2. The molecule has 2 rings (SSSR count). The predicted octanol–water partition coefficient (Wildman–Crippen LogP) is 2.08. The molecule has 0 unspecified atom stereocenters. The SMILES string of the molecule is COc1nnc(Cl)cc1-c1ccc(S(C)(=O)=O)c(C#N)c1. The van der Waals surface area contributed by atoms with Crippen LogP contribution in [0.3, 0.4) is 0 Å². The fourth-order valence-electron chi connectivity index (χ4n) is 1.82. The Morgan fingerprint density at radius 2 is 2.00 bits per heavy atom. The van der Waals surface area contributed by atoms with E-state index < -0.39 is 9.84 Å². The maximum absolute atomic E-state index is 11.6. The van der Waals surface area contributed by atoms with E-state index in [1.807, 2.05) is 6.07 Å². The Bertz CT molecular complexity index is 844. The summed E-state index contributed by atoms with van der Waals surface area (Å²) in [5.41, 5.74) is 1.13. The van der Waals surface area contributed by atoms with Gasteiger partial charge in [-0.1, -0.05) is 17.7 Å². The lowest BCUT2D eigenvalue weighted by Gasteiger charge is -2.09. The van der Waals surface area contributed by atoms with Gasteiger partial charge < -0.3 is 4.74 Å². The van der Waals surface area contributed by atoms with Crippen LogP contribution < -0.4 is 4.74 Å². The molecular weight excluding hydrogens is 314 g/mol.